The lowest BCUT2D eigenvalue weighted by atomic mass is 10.6. The summed E-state index contributed by atoms with van der Waals surface area (Å²) in [5, 5.41) is 0. The first-order chi connectivity index (χ1) is 4.34. The molecule has 3 heteroatoms. The molecule has 0 aliphatic heterocycles. The maximum Gasteiger partial charge on any atom is 0.124 e. The molecule has 1 aromatic rings. The van der Waals surface area contributed by atoms with Gasteiger partial charge in [0, 0.05) is 18.9 Å². The van der Waals surface area contributed by atoms with Crippen molar-refractivity contribution < 1.29 is 0 Å². The lowest BCUT2D eigenvalue weighted by Gasteiger charge is -1.98. The van der Waals surface area contributed by atoms with Crippen molar-refractivity contribution >= 4 is 12.2 Å². The zero-order chi connectivity index (χ0) is 6.69. The Labute approximate surface area is 59.2 Å². The maximum absolute atomic E-state index is 4.95. The van der Waals surface area contributed by atoms with E-state index < -0.39 is 0 Å². The predicted octanol–water partition coefficient (Wildman–Crippen LogP) is 1.63. The van der Waals surface area contributed by atoms with Gasteiger partial charge in [-0.3, -0.25) is 4.98 Å². The van der Waals surface area contributed by atoms with Crippen LogP contribution in [0.2, 0.25) is 0 Å². The Morgan fingerprint density at radius 3 is 3.00 bits per heavy atom. The molecule has 0 saturated carbocycles. The number of hydrogen-bond donors (Lipinski definition) is 0. The fourth-order valence-electron chi connectivity index (χ4n) is 0.635. The zero-order valence-corrected chi connectivity index (χ0v) is 6.06. The van der Waals surface area contributed by atoms with Gasteiger partial charge in [-0.05, 0) is 6.92 Å². The van der Waals surface area contributed by atoms with E-state index in [1.54, 1.807) is 12.4 Å². The van der Waals surface area contributed by atoms with Gasteiger partial charge < -0.3 is 4.57 Å². The smallest absolute Gasteiger partial charge is 0.124 e. The van der Waals surface area contributed by atoms with Crippen LogP contribution in [0.5, 0.6) is 0 Å². The Bertz CT molecular complexity index is 241. The standard InChI is InChI=1S/C6H8N2S/c1-2-8-4-3-7-5-6(8)9/h3-5H,2H2,1H3. The molecule has 0 spiro atoms. The molecule has 0 bridgehead atoms. The summed E-state index contributed by atoms with van der Waals surface area (Å²) in [6.45, 7) is 2.97. The Morgan fingerprint density at radius 1 is 1.78 bits per heavy atom. The Kier molecular flexibility index (Phi) is 1.95. The number of aryl methyl sites for hydroxylation is 1. The van der Waals surface area contributed by atoms with Crippen LogP contribution in [0, 0.1) is 4.64 Å². The summed E-state index contributed by atoms with van der Waals surface area (Å²) in [6.07, 6.45) is 5.29. The topological polar surface area (TPSA) is 17.8 Å². The lowest BCUT2D eigenvalue weighted by Crippen LogP contribution is -1.95. The highest BCUT2D eigenvalue weighted by molar-refractivity contribution is 7.71. The molecular formula is C6H8N2S. The van der Waals surface area contributed by atoms with Crippen LogP contribution in [0.4, 0.5) is 0 Å². The fourth-order valence-corrected chi connectivity index (χ4v) is 0.885. The van der Waals surface area contributed by atoms with E-state index in [2.05, 4.69) is 11.9 Å². The van der Waals surface area contributed by atoms with E-state index in [1.807, 2.05) is 10.8 Å². The molecule has 1 heterocycles. The van der Waals surface area contributed by atoms with Crippen LogP contribution in [0.1, 0.15) is 6.92 Å². The molecule has 48 valence electrons. The van der Waals surface area contributed by atoms with E-state index in [4.69, 9.17) is 12.2 Å². The summed E-state index contributed by atoms with van der Waals surface area (Å²) in [6, 6.07) is 0. The normalized spacial score (nSPS) is 9.44. The third-order valence-corrected chi connectivity index (χ3v) is 1.48. The van der Waals surface area contributed by atoms with Gasteiger partial charge in [-0.25, -0.2) is 0 Å². The first kappa shape index (κ1) is 6.42. The average Bonchev–Trinajstić information content (AvgIpc) is 1.89. The highest BCUT2D eigenvalue weighted by atomic mass is 32.1. The summed E-state index contributed by atoms with van der Waals surface area (Å²) >= 11 is 4.95. The highest BCUT2D eigenvalue weighted by Crippen LogP contribution is 1.88. The molecule has 0 radical (unpaired) electrons. The summed E-state index contributed by atoms with van der Waals surface area (Å²) < 4.78 is 2.75. The van der Waals surface area contributed by atoms with Gasteiger partial charge in [-0.15, -0.1) is 0 Å². The average molecular weight is 140 g/mol. The summed E-state index contributed by atoms with van der Waals surface area (Å²) in [4.78, 5) is 3.87. The third-order valence-electron chi connectivity index (χ3n) is 1.14. The SMILES string of the molecule is CCn1ccncc1=S. The van der Waals surface area contributed by atoms with Gasteiger partial charge in [-0.2, -0.15) is 0 Å². The molecule has 2 nitrogen and oxygen atoms in total. The van der Waals surface area contributed by atoms with Crippen LogP contribution < -0.4 is 0 Å². The van der Waals surface area contributed by atoms with Gasteiger partial charge in [0.1, 0.15) is 4.64 Å². The maximum atomic E-state index is 4.95. The van der Waals surface area contributed by atoms with E-state index in [1.165, 1.54) is 0 Å². The zero-order valence-electron chi connectivity index (χ0n) is 5.24. The van der Waals surface area contributed by atoms with Gasteiger partial charge in [0.2, 0.25) is 0 Å². The van der Waals surface area contributed by atoms with E-state index in [0.29, 0.717) is 0 Å². The second-order valence-electron chi connectivity index (χ2n) is 1.70. The first-order valence-electron chi connectivity index (χ1n) is 2.85. The van der Waals surface area contributed by atoms with Gasteiger partial charge in [0.15, 0.2) is 0 Å². The fraction of sp³-hybridized carbons (Fsp3) is 0.333. The van der Waals surface area contributed by atoms with Crippen molar-refractivity contribution in [2.24, 2.45) is 0 Å². The molecule has 1 rings (SSSR count). The van der Waals surface area contributed by atoms with Crippen molar-refractivity contribution in [3.63, 3.8) is 0 Å². The van der Waals surface area contributed by atoms with Crippen molar-refractivity contribution in [3.8, 4) is 0 Å². The third kappa shape index (κ3) is 1.36. The predicted molar refractivity (Wildman–Crippen MR) is 38.7 cm³/mol. The minimum Gasteiger partial charge on any atom is -0.337 e. The molecule has 1 aromatic heterocycles. The largest absolute Gasteiger partial charge is 0.337 e. The monoisotopic (exact) mass is 140 g/mol. The Morgan fingerprint density at radius 2 is 2.56 bits per heavy atom. The highest BCUT2D eigenvalue weighted by Gasteiger charge is 1.82. The number of nitrogens with zero attached hydrogens (tertiary/aromatic N) is 2. The van der Waals surface area contributed by atoms with Crippen LogP contribution in [-0.4, -0.2) is 9.55 Å². The molecule has 0 atom stereocenters. The first-order valence-corrected chi connectivity index (χ1v) is 3.26. The molecule has 0 aliphatic carbocycles. The molecule has 0 unspecified atom stereocenters. The molecule has 0 fully saturated rings. The lowest BCUT2D eigenvalue weighted by molar-refractivity contribution is 0.736. The van der Waals surface area contributed by atoms with Crippen LogP contribution >= 0.6 is 12.2 Å². The molecule has 0 amide bonds. The van der Waals surface area contributed by atoms with Gasteiger partial charge in [-0.1, -0.05) is 12.2 Å². The van der Waals surface area contributed by atoms with E-state index in [0.717, 1.165) is 11.2 Å². The minimum absolute atomic E-state index is 0.792. The molecular weight excluding hydrogens is 132 g/mol. The Hall–Kier alpha value is -0.700. The van der Waals surface area contributed by atoms with Crippen LogP contribution in [0.3, 0.4) is 0 Å². The minimum atomic E-state index is 0.792. The van der Waals surface area contributed by atoms with Crippen molar-refractivity contribution in [3.05, 3.63) is 23.2 Å². The molecule has 0 N–H and O–H groups in total. The summed E-state index contributed by atoms with van der Waals surface area (Å²) in [7, 11) is 0. The van der Waals surface area contributed by atoms with Gasteiger partial charge >= 0.3 is 0 Å². The van der Waals surface area contributed by atoms with E-state index >= 15 is 0 Å². The quantitative estimate of drug-likeness (QED) is 0.552. The van der Waals surface area contributed by atoms with Crippen molar-refractivity contribution in [1.29, 1.82) is 0 Å². The van der Waals surface area contributed by atoms with Crippen molar-refractivity contribution in [1.82, 2.24) is 9.55 Å². The van der Waals surface area contributed by atoms with Gasteiger partial charge in [0.25, 0.3) is 0 Å². The second kappa shape index (κ2) is 2.73. The second-order valence-corrected chi connectivity index (χ2v) is 2.12. The van der Waals surface area contributed by atoms with E-state index in [9.17, 15) is 0 Å². The van der Waals surface area contributed by atoms with Crippen molar-refractivity contribution in [2.75, 3.05) is 0 Å². The molecule has 0 aliphatic rings. The number of rotatable bonds is 1. The van der Waals surface area contributed by atoms with Crippen LogP contribution in [-0.2, 0) is 6.54 Å². The number of hydrogen-bond acceptors (Lipinski definition) is 2. The summed E-state index contributed by atoms with van der Waals surface area (Å²) in [5.74, 6) is 0. The molecule has 0 saturated heterocycles. The summed E-state index contributed by atoms with van der Waals surface area (Å²) in [5.41, 5.74) is 0. The molecule has 0 aromatic carbocycles. The number of aromatic nitrogens is 2. The van der Waals surface area contributed by atoms with Crippen molar-refractivity contribution in [2.45, 2.75) is 13.5 Å². The Balaban J connectivity index is 3.16. The van der Waals surface area contributed by atoms with Crippen LogP contribution in [0.25, 0.3) is 0 Å². The van der Waals surface area contributed by atoms with Crippen LogP contribution in [0.15, 0.2) is 18.6 Å². The molecule has 9 heavy (non-hydrogen) atoms. The van der Waals surface area contributed by atoms with E-state index in [-0.39, 0.29) is 0 Å². The van der Waals surface area contributed by atoms with Gasteiger partial charge in [0.05, 0.1) is 6.20 Å².